The highest BCUT2D eigenvalue weighted by atomic mass is 19.1. The zero-order valence-corrected chi connectivity index (χ0v) is 19.3. The molecule has 0 atom stereocenters. The van der Waals surface area contributed by atoms with E-state index in [1.54, 1.807) is 30.3 Å². The van der Waals surface area contributed by atoms with E-state index in [2.05, 4.69) is 20.8 Å². The van der Waals surface area contributed by atoms with Crippen molar-refractivity contribution in [3.05, 3.63) is 94.0 Å². The van der Waals surface area contributed by atoms with Crippen LogP contribution in [0.4, 0.5) is 27.1 Å². The van der Waals surface area contributed by atoms with Gasteiger partial charge >= 0.3 is 0 Å². The van der Waals surface area contributed by atoms with Gasteiger partial charge in [0.25, 0.3) is 11.6 Å². The quantitative estimate of drug-likeness (QED) is 0.266. The van der Waals surface area contributed by atoms with Crippen molar-refractivity contribution in [2.75, 3.05) is 10.6 Å². The maximum Gasteiger partial charge on any atom is 0.293 e. The van der Waals surface area contributed by atoms with Crippen LogP contribution in [-0.2, 0) is 13.0 Å². The fourth-order valence-corrected chi connectivity index (χ4v) is 4.26. The van der Waals surface area contributed by atoms with E-state index in [1.807, 2.05) is 10.6 Å². The largest absolute Gasteiger partial charge is 0.350 e. The second-order valence-corrected chi connectivity index (χ2v) is 8.53. The number of amides is 1. The number of hydrogen-bond acceptors (Lipinski definition) is 6. The van der Waals surface area contributed by atoms with E-state index in [0.717, 1.165) is 38.1 Å². The highest BCUT2D eigenvalue weighted by Gasteiger charge is 2.20. The molecule has 1 amide bonds. The molecule has 0 saturated carbocycles. The molecule has 2 heterocycles. The van der Waals surface area contributed by atoms with Gasteiger partial charge in [-0.3, -0.25) is 14.9 Å². The topological polar surface area (TPSA) is 115 Å². The molecule has 0 saturated heterocycles. The summed E-state index contributed by atoms with van der Waals surface area (Å²) in [6.07, 6.45) is 4.01. The number of fused-ring (bicyclic) bond motifs is 1. The first-order chi connectivity index (χ1) is 17.5. The van der Waals surface area contributed by atoms with Crippen LogP contribution >= 0.6 is 0 Å². The van der Waals surface area contributed by atoms with Gasteiger partial charge in [0.05, 0.1) is 10.6 Å². The number of rotatable bonds is 6. The number of benzene rings is 3. The molecule has 2 N–H and O–H groups in total. The number of nitrogens with one attached hydrogen (secondary N) is 2. The lowest BCUT2D eigenvalue weighted by Gasteiger charge is -2.11. The van der Waals surface area contributed by atoms with Crippen molar-refractivity contribution in [3.8, 4) is 11.4 Å². The summed E-state index contributed by atoms with van der Waals surface area (Å²) in [5, 5.41) is 25.8. The fourth-order valence-electron chi connectivity index (χ4n) is 4.26. The number of aromatic nitrogens is 3. The molecule has 0 radical (unpaired) electrons. The summed E-state index contributed by atoms with van der Waals surface area (Å²) in [5.41, 5.74) is 1.25. The van der Waals surface area contributed by atoms with Crippen LogP contribution in [0.15, 0.2) is 66.7 Å². The Kier molecular flexibility index (Phi) is 6.40. The zero-order chi connectivity index (χ0) is 25.1. The van der Waals surface area contributed by atoms with Crippen LogP contribution in [0, 0.1) is 15.9 Å². The van der Waals surface area contributed by atoms with Crippen molar-refractivity contribution in [1.82, 2.24) is 14.8 Å². The molecule has 0 aliphatic carbocycles. The van der Waals surface area contributed by atoms with Gasteiger partial charge in [-0.25, -0.2) is 4.39 Å². The molecule has 1 aromatic heterocycles. The Hall–Kier alpha value is -4.60. The summed E-state index contributed by atoms with van der Waals surface area (Å²) >= 11 is 0. The van der Waals surface area contributed by atoms with Gasteiger partial charge in [0, 0.05) is 35.8 Å². The van der Waals surface area contributed by atoms with Crippen LogP contribution < -0.4 is 10.6 Å². The van der Waals surface area contributed by atoms with E-state index in [9.17, 15) is 19.3 Å². The third-order valence-corrected chi connectivity index (χ3v) is 6.09. The molecule has 0 bridgehead atoms. The average molecular weight is 487 g/mol. The molecule has 4 aromatic rings. The number of hydrogen-bond donors (Lipinski definition) is 2. The van der Waals surface area contributed by atoms with E-state index in [0.29, 0.717) is 17.1 Å². The molecule has 10 heteroatoms. The monoisotopic (exact) mass is 486 g/mol. The van der Waals surface area contributed by atoms with Crippen LogP contribution in [0.1, 0.15) is 35.4 Å². The number of nitrogens with zero attached hydrogens (tertiary/aromatic N) is 4. The Morgan fingerprint density at radius 2 is 1.81 bits per heavy atom. The van der Waals surface area contributed by atoms with Crippen molar-refractivity contribution < 1.29 is 14.1 Å². The summed E-state index contributed by atoms with van der Waals surface area (Å²) < 4.78 is 16.7. The lowest BCUT2D eigenvalue weighted by molar-refractivity contribution is -0.383. The number of para-hydroxylation sites is 1. The Labute approximate surface area is 206 Å². The predicted octanol–water partition coefficient (Wildman–Crippen LogP) is 5.71. The molecule has 182 valence electrons. The minimum atomic E-state index is -0.666. The molecule has 9 nitrogen and oxygen atoms in total. The molecule has 1 aliphatic heterocycles. The first-order valence-corrected chi connectivity index (χ1v) is 11.6. The molecule has 0 fully saturated rings. The summed E-state index contributed by atoms with van der Waals surface area (Å²) in [4.78, 5) is 24.0. The predicted molar refractivity (Wildman–Crippen MR) is 134 cm³/mol. The lowest BCUT2D eigenvalue weighted by atomic mass is 10.1. The van der Waals surface area contributed by atoms with Gasteiger partial charge in [0.2, 0.25) is 0 Å². The molecule has 36 heavy (non-hydrogen) atoms. The van der Waals surface area contributed by atoms with Crippen molar-refractivity contribution >= 4 is 28.7 Å². The Balaban J connectivity index is 1.40. The van der Waals surface area contributed by atoms with Crippen molar-refractivity contribution in [2.24, 2.45) is 0 Å². The SMILES string of the molecule is O=C(Nc1cc(-c2nnc3n2CCCCC3)ccc1F)c1ccc(Nc2ccccc2)c([N+](=O)[O-])c1. The van der Waals surface area contributed by atoms with Crippen LogP contribution in [0.5, 0.6) is 0 Å². The first-order valence-electron chi connectivity index (χ1n) is 11.6. The lowest BCUT2D eigenvalue weighted by Crippen LogP contribution is -2.14. The molecule has 3 aromatic carbocycles. The van der Waals surface area contributed by atoms with Crippen LogP contribution in [0.3, 0.4) is 0 Å². The maximum absolute atomic E-state index is 14.6. The third kappa shape index (κ3) is 4.78. The van der Waals surface area contributed by atoms with Crippen molar-refractivity contribution in [1.29, 1.82) is 0 Å². The Morgan fingerprint density at radius 3 is 2.61 bits per heavy atom. The highest BCUT2D eigenvalue weighted by molar-refractivity contribution is 6.05. The average Bonchev–Trinajstić information content (AvgIpc) is 3.13. The summed E-state index contributed by atoms with van der Waals surface area (Å²) in [6.45, 7) is 0.782. The fraction of sp³-hybridized carbons (Fsp3) is 0.192. The van der Waals surface area contributed by atoms with Gasteiger partial charge in [0.15, 0.2) is 5.82 Å². The second-order valence-electron chi connectivity index (χ2n) is 8.53. The van der Waals surface area contributed by atoms with Gasteiger partial charge in [0.1, 0.15) is 17.3 Å². The highest BCUT2D eigenvalue weighted by Crippen LogP contribution is 2.30. The molecule has 0 unspecified atom stereocenters. The number of anilines is 3. The summed E-state index contributed by atoms with van der Waals surface area (Å²) in [7, 11) is 0. The number of nitro groups is 1. The normalized spacial score (nSPS) is 12.9. The number of aryl methyl sites for hydroxylation is 1. The second kappa shape index (κ2) is 9.95. The van der Waals surface area contributed by atoms with Crippen LogP contribution in [0.2, 0.25) is 0 Å². The molecular formula is C26H23FN6O3. The molecule has 1 aliphatic rings. The zero-order valence-electron chi connectivity index (χ0n) is 19.3. The number of nitro benzene ring substituents is 1. The number of carbonyl (C=O) groups is 1. The Bertz CT molecular complexity index is 1440. The summed E-state index contributed by atoms with van der Waals surface area (Å²) in [5.74, 6) is 0.225. The molecule has 5 rings (SSSR count). The van der Waals surface area contributed by atoms with Gasteiger partial charge in [-0.15, -0.1) is 10.2 Å². The van der Waals surface area contributed by atoms with E-state index in [-0.39, 0.29) is 22.6 Å². The van der Waals surface area contributed by atoms with E-state index in [4.69, 9.17) is 0 Å². The minimum Gasteiger partial charge on any atom is -0.350 e. The number of halogens is 1. The third-order valence-electron chi connectivity index (χ3n) is 6.09. The van der Waals surface area contributed by atoms with E-state index >= 15 is 0 Å². The molecular weight excluding hydrogens is 463 g/mol. The molecule has 0 spiro atoms. The summed E-state index contributed by atoms with van der Waals surface area (Å²) in [6, 6.07) is 17.4. The standard InChI is InChI=1S/C26H23FN6O3/c27-20-12-10-17(25-31-30-24-9-5-2-6-14-32(24)25)15-22(20)29-26(34)18-11-13-21(23(16-18)33(35)36)28-19-7-3-1-4-8-19/h1,3-4,7-8,10-13,15-16,28H,2,5-6,9,14H2,(H,29,34). The van der Waals surface area contributed by atoms with E-state index in [1.165, 1.54) is 30.3 Å². The van der Waals surface area contributed by atoms with Crippen molar-refractivity contribution in [2.45, 2.75) is 32.2 Å². The van der Waals surface area contributed by atoms with Gasteiger partial charge in [-0.2, -0.15) is 0 Å². The van der Waals surface area contributed by atoms with E-state index < -0.39 is 16.6 Å². The van der Waals surface area contributed by atoms with Gasteiger partial charge in [-0.05, 0) is 55.3 Å². The first kappa shape index (κ1) is 23.2. The minimum absolute atomic E-state index is 0.0291. The van der Waals surface area contributed by atoms with Crippen molar-refractivity contribution in [3.63, 3.8) is 0 Å². The van der Waals surface area contributed by atoms with Crippen LogP contribution in [0.25, 0.3) is 11.4 Å². The van der Waals surface area contributed by atoms with Gasteiger partial charge < -0.3 is 15.2 Å². The van der Waals surface area contributed by atoms with Gasteiger partial charge in [-0.1, -0.05) is 24.6 Å². The Morgan fingerprint density at radius 1 is 0.972 bits per heavy atom. The number of carbonyl (C=O) groups excluding carboxylic acids is 1. The maximum atomic E-state index is 14.6. The van der Waals surface area contributed by atoms with Crippen LogP contribution in [-0.4, -0.2) is 25.6 Å². The smallest absolute Gasteiger partial charge is 0.293 e.